The van der Waals surface area contributed by atoms with E-state index in [0.29, 0.717) is 49.9 Å². The van der Waals surface area contributed by atoms with Crippen molar-refractivity contribution in [1.29, 1.82) is 5.26 Å². The van der Waals surface area contributed by atoms with Crippen molar-refractivity contribution in [3.8, 4) is 17.2 Å². The van der Waals surface area contributed by atoms with Crippen molar-refractivity contribution in [2.45, 2.75) is 38.2 Å². The second kappa shape index (κ2) is 7.46. The summed E-state index contributed by atoms with van der Waals surface area (Å²) < 4.78 is 0. The van der Waals surface area contributed by atoms with Gasteiger partial charge in [0, 0.05) is 24.6 Å². The molecule has 2 fully saturated rings. The molecule has 0 spiro atoms. The summed E-state index contributed by atoms with van der Waals surface area (Å²) in [4.78, 5) is 26.9. The van der Waals surface area contributed by atoms with E-state index in [1.54, 1.807) is 17.0 Å². The van der Waals surface area contributed by atoms with Crippen LogP contribution in [0.5, 0.6) is 0 Å². The molecule has 1 aliphatic heterocycles. The molecule has 4 rings (SSSR count). The first-order valence-electron chi connectivity index (χ1n) is 10.1. The Bertz CT molecular complexity index is 992. The predicted molar refractivity (Wildman–Crippen MR) is 109 cm³/mol. The van der Waals surface area contributed by atoms with Gasteiger partial charge in [0.05, 0.1) is 11.6 Å². The van der Waals surface area contributed by atoms with Gasteiger partial charge in [-0.15, -0.1) is 0 Å². The molecule has 1 saturated heterocycles. The summed E-state index contributed by atoms with van der Waals surface area (Å²) in [5.41, 5.74) is 2.94. The van der Waals surface area contributed by atoms with Crippen molar-refractivity contribution in [3.63, 3.8) is 0 Å². The monoisotopic (exact) mass is 388 g/mol. The fourth-order valence-corrected chi connectivity index (χ4v) is 4.07. The number of aryl methyl sites for hydroxylation is 1. The Morgan fingerprint density at radius 3 is 2.34 bits per heavy atom. The number of rotatable bonds is 4. The number of hydrogen-bond donors (Lipinski definition) is 1. The number of carbonyl (C=O) groups excluding carboxylic acids is 2. The number of Topliss-reactive ketones (excluding diaryl/α,β-unsaturated/α-hetero) is 1. The SMILES string of the molecule is Cc1ccc(-c2ccc(C(=O)N3CCC(C(=O)C4(O)CC4)CC3)cc2)c(C#N)c1. The minimum atomic E-state index is -1.08. The average molecular weight is 388 g/mol. The molecular weight excluding hydrogens is 364 g/mol. The maximum Gasteiger partial charge on any atom is 0.253 e. The highest BCUT2D eigenvalue weighted by molar-refractivity contribution is 5.95. The summed E-state index contributed by atoms with van der Waals surface area (Å²) in [6.07, 6.45) is 2.37. The number of nitrogens with zero attached hydrogens (tertiary/aromatic N) is 2. The Morgan fingerprint density at radius 1 is 1.10 bits per heavy atom. The van der Waals surface area contributed by atoms with Gasteiger partial charge < -0.3 is 10.0 Å². The molecule has 5 heteroatoms. The zero-order valence-electron chi connectivity index (χ0n) is 16.5. The summed E-state index contributed by atoms with van der Waals surface area (Å²) in [6.45, 7) is 3.02. The summed E-state index contributed by atoms with van der Waals surface area (Å²) >= 11 is 0. The van der Waals surface area contributed by atoms with E-state index in [9.17, 15) is 20.0 Å². The van der Waals surface area contributed by atoms with Crippen molar-refractivity contribution in [2.24, 2.45) is 5.92 Å². The Balaban J connectivity index is 1.43. The van der Waals surface area contributed by atoms with Crippen LogP contribution in [0, 0.1) is 24.2 Å². The molecule has 2 aromatic rings. The van der Waals surface area contributed by atoms with E-state index < -0.39 is 5.60 Å². The van der Waals surface area contributed by atoms with Crippen LogP contribution in [0.4, 0.5) is 0 Å². The summed E-state index contributed by atoms with van der Waals surface area (Å²) in [7, 11) is 0. The number of benzene rings is 2. The van der Waals surface area contributed by atoms with Crippen LogP contribution in [0.1, 0.15) is 47.2 Å². The minimum Gasteiger partial charge on any atom is -0.382 e. The van der Waals surface area contributed by atoms with Gasteiger partial charge in [0.15, 0.2) is 5.78 Å². The first kappa shape index (κ1) is 19.4. The number of piperidine rings is 1. The molecule has 1 amide bonds. The topological polar surface area (TPSA) is 81.4 Å². The van der Waals surface area contributed by atoms with Gasteiger partial charge >= 0.3 is 0 Å². The van der Waals surface area contributed by atoms with Crippen molar-refractivity contribution >= 4 is 11.7 Å². The first-order chi connectivity index (χ1) is 13.9. The molecule has 1 aliphatic carbocycles. The Kier molecular flexibility index (Phi) is 4.97. The van der Waals surface area contributed by atoms with Crippen LogP contribution in [0.25, 0.3) is 11.1 Å². The largest absolute Gasteiger partial charge is 0.382 e. The van der Waals surface area contributed by atoms with Crippen molar-refractivity contribution in [2.75, 3.05) is 13.1 Å². The number of amides is 1. The third kappa shape index (κ3) is 3.81. The molecule has 2 aromatic carbocycles. The average Bonchev–Trinajstić information content (AvgIpc) is 3.51. The zero-order valence-corrected chi connectivity index (χ0v) is 16.5. The van der Waals surface area contributed by atoms with Gasteiger partial charge in [-0.05, 0) is 67.5 Å². The lowest BCUT2D eigenvalue weighted by atomic mass is 9.88. The number of aliphatic hydroxyl groups is 1. The summed E-state index contributed by atoms with van der Waals surface area (Å²) in [6, 6.07) is 15.3. The molecule has 148 valence electrons. The maximum atomic E-state index is 12.8. The Labute approximate surface area is 170 Å². The fourth-order valence-electron chi connectivity index (χ4n) is 4.07. The molecule has 0 atom stereocenters. The van der Waals surface area contributed by atoms with Crippen LogP contribution in [0.15, 0.2) is 42.5 Å². The molecular formula is C24H24N2O3. The molecule has 1 saturated carbocycles. The van der Waals surface area contributed by atoms with E-state index in [1.807, 2.05) is 37.3 Å². The quantitative estimate of drug-likeness (QED) is 0.869. The van der Waals surface area contributed by atoms with Crippen LogP contribution in [0.2, 0.25) is 0 Å². The van der Waals surface area contributed by atoms with E-state index in [4.69, 9.17) is 0 Å². The highest BCUT2D eigenvalue weighted by Crippen LogP contribution is 2.40. The van der Waals surface area contributed by atoms with E-state index in [-0.39, 0.29) is 17.6 Å². The third-order valence-corrected chi connectivity index (χ3v) is 6.07. The fraction of sp³-hybridized carbons (Fsp3) is 0.375. The van der Waals surface area contributed by atoms with E-state index >= 15 is 0 Å². The van der Waals surface area contributed by atoms with Crippen molar-refractivity contribution < 1.29 is 14.7 Å². The van der Waals surface area contributed by atoms with Crippen LogP contribution in [-0.4, -0.2) is 40.4 Å². The number of ketones is 1. The molecule has 0 unspecified atom stereocenters. The van der Waals surface area contributed by atoms with Crippen molar-refractivity contribution in [1.82, 2.24) is 4.90 Å². The van der Waals surface area contributed by atoms with Crippen LogP contribution in [0.3, 0.4) is 0 Å². The molecule has 29 heavy (non-hydrogen) atoms. The second-order valence-electron chi connectivity index (χ2n) is 8.20. The Morgan fingerprint density at radius 2 is 1.76 bits per heavy atom. The van der Waals surface area contributed by atoms with E-state index in [1.165, 1.54) is 0 Å². The highest BCUT2D eigenvalue weighted by atomic mass is 16.3. The third-order valence-electron chi connectivity index (χ3n) is 6.07. The normalized spacial score (nSPS) is 18.2. The van der Waals surface area contributed by atoms with Gasteiger partial charge in [-0.3, -0.25) is 9.59 Å². The molecule has 1 N–H and O–H groups in total. The second-order valence-corrected chi connectivity index (χ2v) is 8.20. The molecule has 0 radical (unpaired) electrons. The first-order valence-corrected chi connectivity index (χ1v) is 10.1. The maximum absolute atomic E-state index is 12.8. The number of carbonyl (C=O) groups is 2. The molecule has 0 aromatic heterocycles. The number of likely N-dealkylation sites (tertiary alicyclic amines) is 1. The van der Waals surface area contributed by atoms with Gasteiger partial charge in [-0.1, -0.05) is 24.3 Å². The lowest BCUT2D eigenvalue weighted by molar-refractivity contribution is -0.134. The van der Waals surface area contributed by atoms with Gasteiger partial charge in [-0.2, -0.15) is 5.26 Å². The number of nitriles is 1. The molecule has 0 bridgehead atoms. The van der Waals surface area contributed by atoms with Crippen molar-refractivity contribution in [3.05, 3.63) is 59.2 Å². The summed E-state index contributed by atoms with van der Waals surface area (Å²) in [5.74, 6) is -0.225. The lowest BCUT2D eigenvalue weighted by Crippen LogP contribution is -2.42. The van der Waals surface area contributed by atoms with Gasteiger partial charge in [0.2, 0.25) is 0 Å². The van der Waals surface area contributed by atoms with Gasteiger partial charge in [0.25, 0.3) is 5.91 Å². The van der Waals surface area contributed by atoms with Gasteiger partial charge in [-0.25, -0.2) is 0 Å². The molecule has 2 aliphatic rings. The van der Waals surface area contributed by atoms with Gasteiger partial charge in [0.1, 0.15) is 5.60 Å². The smallest absolute Gasteiger partial charge is 0.253 e. The molecule has 1 heterocycles. The Hall–Kier alpha value is -2.97. The standard InChI is InChI=1S/C24H24N2O3/c1-16-2-7-21(20(14-16)15-25)17-3-5-19(6-4-17)23(28)26-12-8-18(9-13-26)22(27)24(29)10-11-24/h2-7,14,18,29H,8-13H2,1H3. The predicted octanol–water partition coefficient (Wildman–Crippen LogP) is 3.48. The van der Waals surface area contributed by atoms with Crippen LogP contribution < -0.4 is 0 Å². The molecule has 5 nitrogen and oxygen atoms in total. The number of hydrogen-bond acceptors (Lipinski definition) is 4. The van der Waals surface area contributed by atoms with Crippen LogP contribution in [-0.2, 0) is 4.79 Å². The lowest BCUT2D eigenvalue weighted by Gasteiger charge is -2.32. The van der Waals surface area contributed by atoms with E-state index in [2.05, 4.69) is 6.07 Å². The zero-order chi connectivity index (χ0) is 20.6. The van der Waals surface area contributed by atoms with E-state index in [0.717, 1.165) is 16.7 Å². The minimum absolute atomic E-state index is 0.0413. The highest BCUT2D eigenvalue weighted by Gasteiger charge is 2.50. The summed E-state index contributed by atoms with van der Waals surface area (Å²) in [5, 5.41) is 19.4. The van der Waals surface area contributed by atoms with Crippen LogP contribution >= 0.6 is 0 Å².